The van der Waals surface area contributed by atoms with Crippen molar-refractivity contribution in [2.45, 2.75) is 155 Å². The Bertz CT molecular complexity index is 1720. The zero-order valence-electron chi connectivity index (χ0n) is 34.2. The van der Waals surface area contributed by atoms with Gasteiger partial charge in [0.05, 0.1) is 0 Å². The molecule has 3 saturated carbocycles. The maximum atomic E-state index is 10.4. The molecule has 3 aromatic carbocycles. The zero-order valence-corrected chi connectivity index (χ0v) is 37.5. The number of hydrogen-bond donors (Lipinski definition) is 1. The third kappa shape index (κ3) is 12.0. The van der Waals surface area contributed by atoms with Crippen LogP contribution in [0.2, 0.25) is 0 Å². The second-order valence-corrected chi connectivity index (χ2v) is 21.3. The average Bonchev–Trinajstić information content (AvgIpc) is 3.62. The molecule has 0 saturated heterocycles. The normalized spacial score (nSPS) is 18.6. The van der Waals surface area contributed by atoms with Crippen molar-refractivity contribution in [3.8, 4) is 5.75 Å². The van der Waals surface area contributed by atoms with Crippen LogP contribution in [0, 0.1) is 51.7 Å². The molecule has 0 amide bonds. The molecule has 0 radical (unpaired) electrons. The first-order valence-electron chi connectivity index (χ1n) is 20.7. The summed E-state index contributed by atoms with van der Waals surface area (Å²) in [6.07, 6.45) is 27.2. The van der Waals surface area contributed by atoms with Gasteiger partial charge in [0.25, 0.3) is 0 Å². The summed E-state index contributed by atoms with van der Waals surface area (Å²) < 4.78 is 3.87. The number of nitro groups is 1. The molecule has 0 atom stereocenters. The fourth-order valence-electron chi connectivity index (χ4n) is 9.78. The first-order chi connectivity index (χ1) is 26.5. The number of hydrogen-bond acceptors (Lipinski definition) is 4. The maximum absolute atomic E-state index is 10.4. The van der Waals surface area contributed by atoms with Crippen LogP contribution >= 0.6 is 17.6 Å². The van der Waals surface area contributed by atoms with Crippen molar-refractivity contribution < 1.29 is 30.3 Å². The zero-order chi connectivity index (χ0) is 39.5. The van der Waals surface area contributed by atoms with Gasteiger partial charge in [-0.1, -0.05) is 123 Å². The van der Waals surface area contributed by atoms with Crippen molar-refractivity contribution in [2.24, 2.45) is 0 Å². The Labute approximate surface area is 344 Å². The fraction of sp³-hybridized carbons (Fsp3) is 0.565. The van der Waals surface area contributed by atoms with Crippen molar-refractivity contribution in [3.63, 3.8) is 0 Å². The average molecular weight is 875 g/mol. The Morgan fingerprint density at radius 3 is 1.65 bits per heavy atom. The Morgan fingerprint density at radius 1 is 0.764 bits per heavy atom. The number of nitro benzene ring substituents is 1. The van der Waals surface area contributed by atoms with Crippen molar-refractivity contribution >= 4 is 45.6 Å². The van der Waals surface area contributed by atoms with E-state index in [9.17, 15) is 15.2 Å². The van der Waals surface area contributed by atoms with Crippen LogP contribution in [0.3, 0.4) is 0 Å². The van der Waals surface area contributed by atoms with Gasteiger partial charge in [-0.3, -0.25) is 0 Å². The number of aromatic hydroxyl groups is 1. The van der Waals surface area contributed by atoms with Crippen molar-refractivity contribution in [1.82, 2.24) is 0 Å². The Hall–Kier alpha value is -2.46. The molecule has 6 nitrogen and oxygen atoms in total. The number of aryl methyl sites for hydroxylation is 6. The predicted octanol–water partition coefficient (Wildman–Crippen LogP) is 12.8. The predicted molar refractivity (Wildman–Crippen MR) is 232 cm³/mol. The molecule has 0 bridgehead atoms. The van der Waals surface area contributed by atoms with Gasteiger partial charge >= 0.3 is 85.3 Å². The summed E-state index contributed by atoms with van der Waals surface area (Å²) in [5.41, 5.74) is 14.5. The van der Waals surface area contributed by atoms with E-state index in [0.29, 0.717) is 13.5 Å². The van der Waals surface area contributed by atoms with E-state index < -0.39 is 20.6 Å². The molecule has 0 aromatic heterocycles. The van der Waals surface area contributed by atoms with Crippen LogP contribution in [0.1, 0.15) is 135 Å². The van der Waals surface area contributed by atoms with Gasteiger partial charge in [-0.05, 0) is 97.0 Å². The van der Waals surface area contributed by atoms with Gasteiger partial charge in [0.15, 0.2) is 0 Å². The quantitative estimate of drug-likeness (QED) is 0.0641. The van der Waals surface area contributed by atoms with Crippen LogP contribution in [-0.2, 0) is 15.7 Å². The van der Waals surface area contributed by atoms with Crippen molar-refractivity contribution in [1.29, 1.82) is 0 Å². The molecule has 0 unspecified atom stereocenters. The molecule has 55 heavy (non-hydrogen) atoms. The first-order valence-corrected chi connectivity index (χ1v) is 25.5. The van der Waals surface area contributed by atoms with Gasteiger partial charge < -0.3 is 9.48 Å². The first kappa shape index (κ1) is 43.7. The standard InChI is InChI=1S/C21H26N2.C18H33P.C7H5NO3.ClH.Ru/c1-14-9-16(3)20(17(4)10-14)22-7-8-23(13-22)21-18(5)11-15(2)12-19(21)6;1-4-10-16(11-5-1)19(17-12-6-2-7-13-17)18-14-8-3-9-15-18;1-5-4-6(8(10)11)2-3-7(5)9;;/h9-12H,7-8H2,1-6H3;16-18H,1-15H2;1-4,9H;1H;/q;;;;+1/p-1. The Morgan fingerprint density at radius 2 is 1.22 bits per heavy atom. The Kier molecular flexibility index (Phi) is 16.9. The second kappa shape index (κ2) is 21.3. The molecule has 9 heteroatoms. The third-order valence-corrected chi connectivity index (χ3v) is 17.2. The van der Waals surface area contributed by atoms with E-state index in [4.69, 9.17) is 9.69 Å². The molecule has 1 aliphatic heterocycles. The van der Waals surface area contributed by atoms with Crippen LogP contribution in [0.5, 0.6) is 5.75 Å². The van der Waals surface area contributed by atoms with E-state index in [-0.39, 0.29) is 11.4 Å². The minimum absolute atomic E-state index is 0.0144. The van der Waals surface area contributed by atoms with E-state index >= 15 is 0 Å². The molecule has 3 fully saturated rings. The van der Waals surface area contributed by atoms with Gasteiger partial charge in [0, 0.05) is 11.4 Å². The molecule has 1 N–H and O–H groups in total. The number of benzene rings is 3. The monoisotopic (exact) mass is 874 g/mol. The number of nitrogens with zero attached hydrogens (tertiary/aromatic N) is 3. The molecule has 3 aliphatic carbocycles. The summed E-state index contributed by atoms with van der Waals surface area (Å²) in [6.45, 7) is 15.1. The molecule has 3 aromatic rings. The molecule has 1 heterocycles. The summed E-state index contributed by atoms with van der Waals surface area (Å²) in [4.78, 5) is 12.1. The minimum atomic E-state index is -0.513. The van der Waals surface area contributed by atoms with Gasteiger partial charge in [-0.15, -0.1) is 0 Å². The molecular weight excluding hydrogens is 810 g/mol. The van der Waals surface area contributed by atoms with Gasteiger partial charge in [-0.2, -0.15) is 0 Å². The summed E-state index contributed by atoms with van der Waals surface area (Å²) in [5.74, 6) is 0.0144. The van der Waals surface area contributed by atoms with E-state index in [2.05, 4.69) is 81.6 Å². The van der Waals surface area contributed by atoms with Crippen LogP contribution in [0.15, 0.2) is 42.5 Å². The fourth-order valence-corrected chi connectivity index (χ4v) is 15.5. The SMILES string of the molecule is C1CCC(P(C2CCCCC2)C2CCCCC2)CC1.Cc1cc(C)c(N2[C-]=[N+](c3c(C)cc(C)cc3C)CC2)c(C)c1.O=[N+]([O-])c1ccc(O)c([CH]=[Ru][Cl])c1. The molecule has 4 aliphatic rings. The van der Waals surface area contributed by atoms with E-state index in [1.54, 1.807) is 81.7 Å². The van der Waals surface area contributed by atoms with Crippen LogP contribution in [0.4, 0.5) is 17.1 Å². The number of rotatable bonds is 7. The van der Waals surface area contributed by atoms with Crippen molar-refractivity contribution in [2.75, 3.05) is 18.0 Å². The Balaban J connectivity index is 0.000000165. The van der Waals surface area contributed by atoms with Gasteiger partial charge in [0.1, 0.15) is 13.1 Å². The van der Waals surface area contributed by atoms with Crippen LogP contribution in [-0.4, -0.2) is 55.6 Å². The number of phenols is 1. The summed E-state index contributed by atoms with van der Waals surface area (Å²) >= 11 is -0.500. The molecular formula is C46H64ClN3O3PRu. The molecule has 7 rings (SSSR count). The van der Waals surface area contributed by atoms with E-state index in [1.807, 2.05) is 0 Å². The molecule has 301 valence electrons. The summed E-state index contributed by atoms with van der Waals surface area (Å²) in [5, 5.41) is 19.6. The summed E-state index contributed by atoms with van der Waals surface area (Å²) in [6, 6.07) is 12.9. The number of anilines is 1. The third-order valence-electron chi connectivity index (χ3n) is 12.0. The van der Waals surface area contributed by atoms with Crippen LogP contribution in [0.25, 0.3) is 0 Å². The second-order valence-electron chi connectivity index (χ2n) is 16.4. The van der Waals surface area contributed by atoms with Gasteiger partial charge in [-0.25, -0.2) is 0 Å². The number of non-ortho nitro benzene ring substituents is 1. The van der Waals surface area contributed by atoms with E-state index in [1.165, 1.54) is 99.2 Å². The van der Waals surface area contributed by atoms with Crippen molar-refractivity contribution in [3.05, 3.63) is 91.5 Å². The number of halogens is 1. The number of phenolic OH excluding ortho intramolecular Hbond substituents is 1. The van der Waals surface area contributed by atoms with Crippen LogP contribution < -0.4 is 4.90 Å². The summed E-state index contributed by atoms with van der Waals surface area (Å²) in [7, 11) is 5.88. The van der Waals surface area contributed by atoms with E-state index in [0.717, 1.165) is 13.1 Å². The topological polar surface area (TPSA) is 69.6 Å². The molecule has 0 spiro atoms. The van der Waals surface area contributed by atoms with Gasteiger partial charge in [0.2, 0.25) is 6.34 Å².